The number of aromatic nitrogens is 1. The van der Waals surface area contributed by atoms with Crippen LogP contribution in [0.15, 0.2) is 35.3 Å². The Morgan fingerprint density at radius 2 is 2.12 bits per heavy atom. The lowest BCUT2D eigenvalue weighted by atomic mass is 9.97. The third-order valence-electron chi connectivity index (χ3n) is 4.66. The van der Waals surface area contributed by atoms with Crippen LogP contribution in [0.1, 0.15) is 18.4 Å². The molecule has 5 nitrogen and oxygen atoms in total. The number of nitrogens with one attached hydrogen (secondary N) is 1. The summed E-state index contributed by atoms with van der Waals surface area (Å²) in [6.07, 6.45) is 3.35. The van der Waals surface area contributed by atoms with Crippen LogP contribution in [0.4, 0.5) is 4.39 Å². The van der Waals surface area contributed by atoms with Gasteiger partial charge in [0.05, 0.1) is 18.7 Å². The van der Waals surface area contributed by atoms with E-state index in [9.17, 15) is 9.18 Å². The van der Waals surface area contributed by atoms with Crippen molar-refractivity contribution in [3.8, 4) is 11.5 Å². The second kappa shape index (κ2) is 8.56. The van der Waals surface area contributed by atoms with Gasteiger partial charge >= 0.3 is 0 Å². The Hall–Kier alpha value is -2.05. The Bertz CT molecular complexity index is 804. The van der Waals surface area contributed by atoms with E-state index in [1.165, 1.54) is 19.4 Å². The molecule has 0 atom stereocenters. The fourth-order valence-electron chi connectivity index (χ4n) is 3.16. The van der Waals surface area contributed by atoms with Crippen molar-refractivity contribution in [1.82, 2.24) is 9.88 Å². The maximum Gasteiger partial charge on any atom is 0.252 e. The number of pyridine rings is 1. The van der Waals surface area contributed by atoms with E-state index >= 15 is 0 Å². The Balaban J connectivity index is 1.51. The van der Waals surface area contributed by atoms with E-state index < -0.39 is 5.82 Å². The summed E-state index contributed by atoms with van der Waals surface area (Å²) in [5.41, 5.74) is 0.565. The van der Waals surface area contributed by atoms with Crippen LogP contribution in [-0.2, 0) is 6.54 Å². The number of likely N-dealkylation sites (tertiary alicyclic amines) is 1. The number of para-hydroxylation sites is 1. The third-order valence-corrected chi connectivity index (χ3v) is 4.88. The Morgan fingerprint density at radius 3 is 2.85 bits per heavy atom. The highest BCUT2D eigenvalue weighted by Gasteiger charge is 2.22. The SMILES string of the molecule is COc1cccc(F)c1OCC1CCN(Cc2cc(Cl)c[nH]c2=O)CC1. The highest BCUT2D eigenvalue weighted by Crippen LogP contribution is 2.31. The number of hydrogen-bond acceptors (Lipinski definition) is 4. The van der Waals surface area contributed by atoms with Crippen molar-refractivity contribution in [2.75, 3.05) is 26.8 Å². The van der Waals surface area contributed by atoms with Gasteiger partial charge in [0.15, 0.2) is 17.3 Å². The van der Waals surface area contributed by atoms with Gasteiger partial charge in [0, 0.05) is 18.3 Å². The van der Waals surface area contributed by atoms with Crippen LogP contribution in [0, 0.1) is 11.7 Å². The number of ether oxygens (including phenoxy) is 2. The summed E-state index contributed by atoms with van der Waals surface area (Å²) >= 11 is 5.95. The predicted molar refractivity (Wildman–Crippen MR) is 98.5 cm³/mol. The van der Waals surface area contributed by atoms with Crippen molar-refractivity contribution in [3.63, 3.8) is 0 Å². The fraction of sp³-hybridized carbons (Fsp3) is 0.421. The smallest absolute Gasteiger partial charge is 0.252 e. The van der Waals surface area contributed by atoms with E-state index in [1.807, 2.05) is 0 Å². The topological polar surface area (TPSA) is 54.6 Å². The Labute approximate surface area is 156 Å². The molecule has 1 saturated heterocycles. The number of halogens is 2. The molecule has 1 aliphatic rings. The zero-order valence-electron chi connectivity index (χ0n) is 14.6. The molecule has 0 saturated carbocycles. The monoisotopic (exact) mass is 380 g/mol. The molecule has 0 spiro atoms. The van der Waals surface area contributed by atoms with Crippen molar-refractivity contribution < 1.29 is 13.9 Å². The highest BCUT2D eigenvalue weighted by atomic mass is 35.5. The third kappa shape index (κ3) is 4.56. The lowest BCUT2D eigenvalue weighted by molar-refractivity contribution is 0.132. The van der Waals surface area contributed by atoms with Gasteiger partial charge in [-0.1, -0.05) is 17.7 Å². The van der Waals surface area contributed by atoms with Crippen LogP contribution in [0.3, 0.4) is 0 Å². The number of methoxy groups -OCH3 is 1. The first kappa shape index (κ1) is 18.7. The molecule has 0 unspecified atom stereocenters. The van der Waals surface area contributed by atoms with Gasteiger partial charge in [-0.2, -0.15) is 0 Å². The van der Waals surface area contributed by atoms with Gasteiger partial charge in [-0.05, 0) is 50.0 Å². The predicted octanol–water partition coefficient (Wildman–Crippen LogP) is 3.47. The molecule has 0 amide bonds. The second-order valence-corrected chi connectivity index (χ2v) is 6.91. The lowest BCUT2D eigenvalue weighted by Crippen LogP contribution is -2.36. The molecular formula is C19H22ClFN2O3. The molecule has 1 aromatic carbocycles. The van der Waals surface area contributed by atoms with E-state index in [2.05, 4.69) is 9.88 Å². The van der Waals surface area contributed by atoms with Crippen LogP contribution in [0.2, 0.25) is 5.02 Å². The summed E-state index contributed by atoms with van der Waals surface area (Å²) in [5, 5.41) is 0.529. The molecule has 1 aromatic heterocycles. The van der Waals surface area contributed by atoms with Gasteiger partial charge in [-0.25, -0.2) is 4.39 Å². The molecule has 7 heteroatoms. The molecular weight excluding hydrogens is 359 g/mol. The van der Waals surface area contributed by atoms with Crippen LogP contribution < -0.4 is 15.0 Å². The normalized spacial score (nSPS) is 15.8. The Morgan fingerprint density at radius 1 is 1.35 bits per heavy atom. The highest BCUT2D eigenvalue weighted by molar-refractivity contribution is 6.30. The minimum absolute atomic E-state index is 0.105. The van der Waals surface area contributed by atoms with Crippen LogP contribution >= 0.6 is 11.6 Å². The van der Waals surface area contributed by atoms with Crippen LogP contribution in [-0.4, -0.2) is 36.7 Å². The van der Waals surface area contributed by atoms with Crippen LogP contribution in [0.5, 0.6) is 11.5 Å². The van der Waals surface area contributed by atoms with E-state index in [0.29, 0.717) is 35.4 Å². The molecule has 0 bridgehead atoms. The molecule has 140 valence electrons. The second-order valence-electron chi connectivity index (χ2n) is 6.47. The van der Waals surface area contributed by atoms with Crippen molar-refractivity contribution in [1.29, 1.82) is 0 Å². The summed E-state index contributed by atoms with van der Waals surface area (Å²) in [4.78, 5) is 16.7. The average Bonchev–Trinajstić information content (AvgIpc) is 2.64. The summed E-state index contributed by atoms with van der Waals surface area (Å²) in [6, 6.07) is 6.35. The minimum atomic E-state index is -0.415. The quantitative estimate of drug-likeness (QED) is 0.833. The number of aromatic amines is 1. The molecule has 1 N–H and O–H groups in total. The largest absolute Gasteiger partial charge is 0.493 e. The first-order valence-corrected chi connectivity index (χ1v) is 8.99. The maximum absolute atomic E-state index is 13.9. The van der Waals surface area contributed by atoms with Crippen molar-refractivity contribution in [3.05, 3.63) is 57.2 Å². The zero-order valence-corrected chi connectivity index (χ0v) is 15.4. The minimum Gasteiger partial charge on any atom is -0.493 e. The maximum atomic E-state index is 13.9. The van der Waals surface area contributed by atoms with E-state index in [0.717, 1.165) is 25.9 Å². The number of rotatable bonds is 6. The molecule has 2 heterocycles. The lowest BCUT2D eigenvalue weighted by Gasteiger charge is -2.31. The van der Waals surface area contributed by atoms with Gasteiger partial charge in [-0.3, -0.25) is 9.69 Å². The molecule has 26 heavy (non-hydrogen) atoms. The number of piperidine rings is 1. The van der Waals surface area contributed by atoms with Gasteiger partial charge in [0.25, 0.3) is 5.56 Å². The first-order chi connectivity index (χ1) is 12.6. The van der Waals surface area contributed by atoms with Crippen LogP contribution in [0.25, 0.3) is 0 Å². The summed E-state index contributed by atoms with van der Waals surface area (Å²) in [6.45, 7) is 2.73. The average molecular weight is 381 g/mol. The summed E-state index contributed by atoms with van der Waals surface area (Å²) in [7, 11) is 1.50. The van der Waals surface area contributed by atoms with E-state index in [1.54, 1.807) is 18.2 Å². The molecule has 0 radical (unpaired) electrons. The number of nitrogens with zero attached hydrogens (tertiary/aromatic N) is 1. The molecule has 1 aliphatic heterocycles. The standard InChI is InChI=1S/C19H22ClFN2O3/c1-25-17-4-2-3-16(21)18(17)26-12-13-5-7-23(8-6-13)11-14-9-15(20)10-22-19(14)24/h2-4,9-10,13H,5-8,11-12H2,1H3,(H,22,24). The molecule has 3 rings (SSSR count). The molecule has 0 aliphatic carbocycles. The first-order valence-electron chi connectivity index (χ1n) is 8.61. The zero-order chi connectivity index (χ0) is 18.5. The van der Waals surface area contributed by atoms with Crippen molar-refractivity contribution >= 4 is 11.6 Å². The Kier molecular flexibility index (Phi) is 6.16. The van der Waals surface area contributed by atoms with Gasteiger partial charge in [0.1, 0.15) is 0 Å². The van der Waals surface area contributed by atoms with Gasteiger partial charge in [0.2, 0.25) is 0 Å². The van der Waals surface area contributed by atoms with Crippen molar-refractivity contribution in [2.45, 2.75) is 19.4 Å². The number of H-pyrrole nitrogens is 1. The van der Waals surface area contributed by atoms with Crippen molar-refractivity contribution in [2.24, 2.45) is 5.92 Å². The number of benzene rings is 1. The fourth-order valence-corrected chi connectivity index (χ4v) is 3.35. The van der Waals surface area contributed by atoms with Gasteiger partial charge < -0.3 is 14.5 Å². The van der Waals surface area contributed by atoms with E-state index in [-0.39, 0.29) is 11.3 Å². The molecule has 1 fully saturated rings. The van der Waals surface area contributed by atoms with E-state index in [4.69, 9.17) is 21.1 Å². The number of hydrogen-bond donors (Lipinski definition) is 1. The molecule has 2 aromatic rings. The summed E-state index contributed by atoms with van der Waals surface area (Å²) in [5.74, 6) is 0.501. The van der Waals surface area contributed by atoms with Gasteiger partial charge in [-0.15, -0.1) is 0 Å². The summed E-state index contributed by atoms with van der Waals surface area (Å²) < 4.78 is 24.8.